The first-order valence-electron chi connectivity index (χ1n) is 9.09. The Hall–Kier alpha value is -1.77. The fraction of sp³-hybridized carbons (Fsp3) is 0.611. The van der Waals surface area contributed by atoms with Crippen molar-refractivity contribution < 1.29 is 9.53 Å². The van der Waals surface area contributed by atoms with E-state index < -0.39 is 0 Å². The molecular formula is C18H25N5O2S. The minimum Gasteiger partial charge on any atom is -0.372 e. The molecular weight excluding hydrogens is 350 g/mol. The number of ether oxygens (including phenoxy) is 1. The zero-order chi connectivity index (χ0) is 18.1. The van der Waals surface area contributed by atoms with Crippen LogP contribution in [-0.2, 0) is 18.3 Å². The Morgan fingerprint density at radius 2 is 2.35 bits per heavy atom. The van der Waals surface area contributed by atoms with Gasteiger partial charge in [-0.3, -0.25) is 14.4 Å². The van der Waals surface area contributed by atoms with E-state index in [1.54, 1.807) is 35.3 Å². The van der Waals surface area contributed by atoms with E-state index in [1.165, 1.54) is 5.01 Å². The third-order valence-corrected chi connectivity index (χ3v) is 6.39. The summed E-state index contributed by atoms with van der Waals surface area (Å²) in [5.41, 5.74) is 1.67. The van der Waals surface area contributed by atoms with Gasteiger partial charge in [0, 0.05) is 50.6 Å². The van der Waals surface area contributed by atoms with E-state index in [4.69, 9.17) is 4.74 Å². The lowest BCUT2D eigenvalue weighted by Crippen LogP contribution is -2.64. The van der Waals surface area contributed by atoms with E-state index >= 15 is 0 Å². The van der Waals surface area contributed by atoms with Crippen LogP contribution in [0.25, 0.3) is 0 Å². The normalized spacial score (nSPS) is 21.8. The lowest BCUT2D eigenvalue weighted by molar-refractivity contribution is -0.136. The number of aryl methyl sites for hydroxylation is 2. The summed E-state index contributed by atoms with van der Waals surface area (Å²) in [4.78, 5) is 19.1. The van der Waals surface area contributed by atoms with Crippen LogP contribution in [0.5, 0.6) is 0 Å². The molecule has 26 heavy (non-hydrogen) atoms. The highest BCUT2D eigenvalue weighted by Gasteiger charge is 2.52. The van der Waals surface area contributed by atoms with Crippen molar-refractivity contribution in [3.63, 3.8) is 0 Å². The molecule has 2 saturated heterocycles. The molecule has 140 valence electrons. The van der Waals surface area contributed by atoms with Crippen molar-refractivity contribution >= 4 is 17.2 Å². The molecule has 0 aliphatic carbocycles. The number of amides is 1. The number of carbonyl (C=O) groups is 1. The van der Waals surface area contributed by atoms with Gasteiger partial charge in [0.1, 0.15) is 10.7 Å². The first-order valence-corrected chi connectivity index (χ1v) is 9.97. The largest absolute Gasteiger partial charge is 0.372 e. The lowest BCUT2D eigenvalue weighted by atomic mass is 9.79. The first kappa shape index (κ1) is 17.6. The summed E-state index contributed by atoms with van der Waals surface area (Å²) in [5.74, 6) is 0.441. The van der Waals surface area contributed by atoms with Crippen molar-refractivity contribution in [2.24, 2.45) is 13.0 Å². The monoisotopic (exact) mass is 375 g/mol. The van der Waals surface area contributed by atoms with Gasteiger partial charge in [0.15, 0.2) is 0 Å². The Labute approximate surface area is 157 Å². The summed E-state index contributed by atoms with van der Waals surface area (Å²) in [7, 11) is 1.78. The van der Waals surface area contributed by atoms with E-state index in [-0.39, 0.29) is 11.5 Å². The summed E-state index contributed by atoms with van der Waals surface area (Å²) < 4.78 is 7.72. The number of nitrogens with one attached hydrogen (secondary N) is 1. The van der Waals surface area contributed by atoms with Crippen molar-refractivity contribution in [2.45, 2.75) is 31.9 Å². The number of rotatable bonds is 6. The van der Waals surface area contributed by atoms with E-state index in [9.17, 15) is 4.79 Å². The SMILES string of the molecule is Cc1csc(CN2CC3(C2)OCCC3CCNC(=O)c2ccnn2C)n1. The number of aromatic nitrogens is 3. The highest BCUT2D eigenvalue weighted by molar-refractivity contribution is 7.09. The summed E-state index contributed by atoms with van der Waals surface area (Å²) in [6.45, 7) is 6.37. The zero-order valence-corrected chi connectivity index (χ0v) is 16.1. The van der Waals surface area contributed by atoms with Crippen molar-refractivity contribution in [3.05, 3.63) is 34.0 Å². The highest BCUT2D eigenvalue weighted by atomic mass is 32.1. The number of hydrogen-bond donors (Lipinski definition) is 1. The molecule has 4 rings (SSSR count). The standard InChI is InChI=1S/C18H25N5O2S/c1-13-10-26-16(21-13)9-23-11-18(12-23)14(5-8-25-18)3-6-19-17(24)15-4-7-20-22(15)2/h4,7,10,14H,3,5-6,8-9,11-12H2,1-2H3,(H,19,24). The molecule has 2 aromatic heterocycles. The summed E-state index contributed by atoms with van der Waals surface area (Å²) in [6.07, 6.45) is 3.67. The van der Waals surface area contributed by atoms with Crippen LogP contribution in [0.3, 0.4) is 0 Å². The molecule has 0 radical (unpaired) electrons. The Morgan fingerprint density at radius 3 is 3.04 bits per heavy atom. The van der Waals surface area contributed by atoms with Gasteiger partial charge in [0.05, 0.1) is 12.1 Å². The summed E-state index contributed by atoms with van der Waals surface area (Å²) in [6, 6.07) is 1.74. The van der Waals surface area contributed by atoms with Gasteiger partial charge in [-0.05, 0) is 31.7 Å². The molecule has 0 bridgehead atoms. The van der Waals surface area contributed by atoms with Gasteiger partial charge in [-0.15, -0.1) is 11.3 Å². The Morgan fingerprint density at radius 1 is 1.50 bits per heavy atom. The number of hydrogen-bond acceptors (Lipinski definition) is 6. The number of likely N-dealkylation sites (tertiary alicyclic amines) is 1. The van der Waals surface area contributed by atoms with Gasteiger partial charge in [-0.25, -0.2) is 4.98 Å². The maximum Gasteiger partial charge on any atom is 0.269 e. The Kier molecular flexibility index (Phi) is 4.81. The molecule has 1 spiro atoms. The minimum atomic E-state index is -0.0626. The second-order valence-corrected chi connectivity index (χ2v) is 8.25. The average Bonchev–Trinajstić information content (AvgIpc) is 3.28. The number of nitrogens with zero attached hydrogens (tertiary/aromatic N) is 4. The van der Waals surface area contributed by atoms with Gasteiger partial charge >= 0.3 is 0 Å². The summed E-state index contributed by atoms with van der Waals surface area (Å²) in [5, 5.41) is 10.3. The lowest BCUT2D eigenvalue weighted by Gasteiger charge is -2.50. The Balaban J connectivity index is 1.25. The molecule has 7 nitrogen and oxygen atoms in total. The van der Waals surface area contributed by atoms with Crippen LogP contribution < -0.4 is 5.32 Å². The van der Waals surface area contributed by atoms with E-state index in [1.807, 2.05) is 6.92 Å². The van der Waals surface area contributed by atoms with Crippen LogP contribution in [0.1, 0.15) is 34.0 Å². The maximum atomic E-state index is 12.2. The van der Waals surface area contributed by atoms with Gasteiger partial charge in [0.25, 0.3) is 5.91 Å². The molecule has 1 amide bonds. The summed E-state index contributed by atoms with van der Waals surface area (Å²) >= 11 is 1.73. The molecule has 0 saturated carbocycles. The van der Waals surface area contributed by atoms with Crippen LogP contribution in [0.4, 0.5) is 0 Å². The van der Waals surface area contributed by atoms with Crippen LogP contribution in [0, 0.1) is 12.8 Å². The minimum absolute atomic E-state index is 0.0242. The van der Waals surface area contributed by atoms with Gasteiger partial charge in [-0.2, -0.15) is 5.10 Å². The van der Waals surface area contributed by atoms with Crippen LogP contribution in [0.15, 0.2) is 17.6 Å². The van der Waals surface area contributed by atoms with Crippen molar-refractivity contribution in [2.75, 3.05) is 26.2 Å². The number of carbonyl (C=O) groups excluding carboxylic acids is 1. The van der Waals surface area contributed by atoms with Crippen LogP contribution in [-0.4, -0.2) is 57.4 Å². The predicted molar refractivity (Wildman–Crippen MR) is 99.1 cm³/mol. The Bertz CT molecular complexity index is 780. The quantitative estimate of drug-likeness (QED) is 0.830. The van der Waals surface area contributed by atoms with Crippen LogP contribution in [0.2, 0.25) is 0 Å². The fourth-order valence-corrected chi connectivity index (χ4v) is 4.89. The molecule has 2 aliphatic heterocycles. The topological polar surface area (TPSA) is 72.3 Å². The average molecular weight is 375 g/mol. The molecule has 1 unspecified atom stereocenters. The first-order chi connectivity index (χ1) is 12.6. The molecule has 2 aromatic rings. The third-order valence-electron chi connectivity index (χ3n) is 5.44. The molecule has 1 atom stereocenters. The molecule has 2 fully saturated rings. The third kappa shape index (κ3) is 3.41. The molecule has 1 N–H and O–H groups in total. The van der Waals surface area contributed by atoms with Crippen LogP contribution >= 0.6 is 11.3 Å². The predicted octanol–water partition coefficient (Wildman–Crippen LogP) is 1.60. The molecule has 2 aliphatic rings. The molecule has 8 heteroatoms. The van der Waals surface area contributed by atoms with E-state index in [0.29, 0.717) is 18.2 Å². The number of thiazole rings is 1. The van der Waals surface area contributed by atoms with Crippen molar-refractivity contribution in [1.29, 1.82) is 0 Å². The van der Waals surface area contributed by atoms with Crippen molar-refractivity contribution in [3.8, 4) is 0 Å². The second kappa shape index (κ2) is 7.09. The fourth-order valence-electron chi connectivity index (χ4n) is 4.08. The van der Waals surface area contributed by atoms with Crippen molar-refractivity contribution in [1.82, 2.24) is 25.0 Å². The van der Waals surface area contributed by atoms with E-state index in [0.717, 1.165) is 44.8 Å². The van der Waals surface area contributed by atoms with Gasteiger partial charge < -0.3 is 10.1 Å². The van der Waals surface area contributed by atoms with Gasteiger partial charge in [0.2, 0.25) is 0 Å². The maximum absolute atomic E-state index is 12.2. The molecule has 4 heterocycles. The van der Waals surface area contributed by atoms with E-state index in [2.05, 4.69) is 25.7 Å². The molecule has 0 aromatic carbocycles. The van der Waals surface area contributed by atoms with Gasteiger partial charge in [-0.1, -0.05) is 0 Å². The smallest absolute Gasteiger partial charge is 0.269 e. The highest BCUT2D eigenvalue weighted by Crippen LogP contribution is 2.42. The second-order valence-electron chi connectivity index (χ2n) is 7.31. The zero-order valence-electron chi connectivity index (χ0n) is 15.3.